The van der Waals surface area contributed by atoms with E-state index >= 15 is 0 Å². The number of carbonyl (C=O) groups excluding carboxylic acids is 1. The minimum atomic E-state index is -0.394. The maximum atomic E-state index is 12.0. The van der Waals surface area contributed by atoms with Crippen molar-refractivity contribution in [2.24, 2.45) is 0 Å². The lowest BCUT2D eigenvalue weighted by Gasteiger charge is -2.17. The Kier molecular flexibility index (Phi) is 4.14. The van der Waals surface area contributed by atoms with Crippen LogP contribution >= 0.6 is 0 Å². The number of hydrogen-bond donors (Lipinski definition) is 1. The lowest BCUT2D eigenvalue weighted by Crippen LogP contribution is -2.36. The molecule has 1 N–H and O–H groups in total. The molecule has 0 atom stereocenters. The van der Waals surface area contributed by atoms with Gasteiger partial charge in [-0.15, -0.1) is 0 Å². The smallest absolute Gasteiger partial charge is 0.408 e. The van der Waals surface area contributed by atoms with Gasteiger partial charge in [-0.3, -0.25) is 4.98 Å². The second-order valence-corrected chi connectivity index (χ2v) is 5.53. The van der Waals surface area contributed by atoms with E-state index in [1.54, 1.807) is 0 Å². The molecule has 1 radical (unpaired) electrons. The second-order valence-electron chi connectivity index (χ2n) is 5.53. The SMILES string of the molecule is C[B]c1ccc(C2(NC(=O)OCc3ccccc3)CC2)nc1. The van der Waals surface area contributed by atoms with E-state index in [-0.39, 0.29) is 12.1 Å². The molecule has 1 aliphatic carbocycles. The molecule has 1 aliphatic rings. The predicted molar refractivity (Wildman–Crippen MR) is 86.2 cm³/mol. The van der Waals surface area contributed by atoms with Gasteiger partial charge >= 0.3 is 6.09 Å². The average molecular weight is 293 g/mol. The summed E-state index contributed by atoms with van der Waals surface area (Å²) in [4.78, 5) is 16.5. The summed E-state index contributed by atoms with van der Waals surface area (Å²) in [6.45, 7) is 2.25. The summed E-state index contributed by atoms with van der Waals surface area (Å²) in [7, 11) is 2.00. The third kappa shape index (κ3) is 3.30. The van der Waals surface area contributed by atoms with Gasteiger partial charge in [0.05, 0.1) is 11.2 Å². The first-order valence-electron chi connectivity index (χ1n) is 7.47. The zero-order chi connectivity index (χ0) is 15.4. The highest BCUT2D eigenvalue weighted by Crippen LogP contribution is 2.44. The number of nitrogens with one attached hydrogen (secondary N) is 1. The van der Waals surface area contributed by atoms with Crippen LogP contribution in [0.3, 0.4) is 0 Å². The molecule has 3 rings (SSSR count). The maximum Gasteiger partial charge on any atom is 0.408 e. The number of alkyl carbamates (subject to hydrolysis) is 1. The topological polar surface area (TPSA) is 51.2 Å². The highest BCUT2D eigenvalue weighted by molar-refractivity contribution is 6.51. The Morgan fingerprint density at radius 1 is 1.27 bits per heavy atom. The zero-order valence-electron chi connectivity index (χ0n) is 12.6. The van der Waals surface area contributed by atoms with E-state index in [1.807, 2.05) is 62.8 Å². The number of amides is 1. The highest BCUT2D eigenvalue weighted by Gasteiger charge is 2.47. The number of aromatic nitrogens is 1. The normalized spacial score (nSPS) is 15.0. The minimum absolute atomic E-state index is 0.278. The van der Waals surface area contributed by atoms with Crippen LogP contribution in [0.5, 0.6) is 0 Å². The Bertz CT molecular complexity index is 639. The molecule has 22 heavy (non-hydrogen) atoms. The molecule has 0 aliphatic heterocycles. The number of rotatable bonds is 5. The molecule has 0 spiro atoms. The summed E-state index contributed by atoms with van der Waals surface area (Å²) in [5, 5.41) is 2.96. The Morgan fingerprint density at radius 3 is 2.64 bits per heavy atom. The molecule has 4 nitrogen and oxygen atoms in total. The summed E-state index contributed by atoms with van der Waals surface area (Å²) < 4.78 is 5.29. The molecule has 0 unspecified atom stereocenters. The average Bonchev–Trinajstić information content (AvgIpc) is 3.35. The van der Waals surface area contributed by atoms with Gasteiger partial charge in [-0.1, -0.05) is 48.7 Å². The van der Waals surface area contributed by atoms with Gasteiger partial charge in [0, 0.05) is 6.20 Å². The zero-order valence-corrected chi connectivity index (χ0v) is 12.6. The Labute approximate surface area is 131 Å². The minimum Gasteiger partial charge on any atom is -0.445 e. The van der Waals surface area contributed by atoms with Crippen molar-refractivity contribution in [2.75, 3.05) is 0 Å². The molecule has 1 saturated carbocycles. The highest BCUT2D eigenvalue weighted by atomic mass is 16.5. The summed E-state index contributed by atoms with van der Waals surface area (Å²) in [6.07, 6.45) is 3.23. The van der Waals surface area contributed by atoms with Crippen LogP contribution in [0.4, 0.5) is 4.79 Å². The third-order valence-corrected chi connectivity index (χ3v) is 3.91. The summed E-state index contributed by atoms with van der Waals surface area (Å²) in [5.74, 6) is 0. The quantitative estimate of drug-likeness (QED) is 0.861. The fourth-order valence-corrected chi connectivity index (χ4v) is 2.38. The van der Waals surface area contributed by atoms with Gasteiger partial charge in [0.15, 0.2) is 0 Å². The van der Waals surface area contributed by atoms with Crippen molar-refractivity contribution in [3.05, 3.63) is 59.9 Å². The first-order valence-corrected chi connectivity index (χ1v) is 7.47. The lowest BCUT2D eigenvalue weighted by molar-refractivity contribution is 0.134. The van der Waals surface area contributed by atoms with Gasteiger partial charge < -0.3 is 10.1 Å². The third-order valence-electron chi connectivity index (χ3n) is 3.91. The molecule has 1 heterocycles. The van der Waals surface area contributed by atoms with E-state index in [2.05, 4.69) is 10.3 Å². The molecule has 111 valence electrons. The number of carbonyl (C=O) groups is 1. The van der Waals surface area contributed by atoms with Crippen molar-refractivity contribution in [1.29, 1.82) is 0 Å². The molecule has 1 amide bonds. The van der Waals surface area contributed by atoms with Gasteiger partial charge in [-0.05, 0) is 24.5 Å². The first-order chi connectivity index (χ1) is 10.7. The lowest BCUT2D eigenvalue weighted by atomic mass is 9.74. The van der Waals surface area contributed by atoms with Crippen molar-refractivity contribution in [2.45, 2.75) is 31.8 Å². The Balaban J connectivity index is 1.58. The van der Waals surface area contributed by atoms with Crippen LogP contribution in [-0.4, -0.2) is 18.4 Å². The number of ether oxygens (including phenoxy) is 1. The molecule has 0 bridgehead atoms. The van der Waals surface area contributed by atoms with Crippen molar-refractivity contribution in [1.82, 2.24) is 10.3 Å². The van der Waals surface area contributed by atoms with Crippen LogP contribution in [-0.2, 0) is 16.9 Å². The molecule has 1 aromatic carbocycles. The van der Waals surface area contributed by atoms with E-state index in [9.17, 15) is 4.79 Å². The first kappa shape index (κ1) is 14.6. The monoisotopic (exact) mass is 293 g/mol. The van der Waals surface area contributed by atoms with Gasteiger partial charge in [0.1, 0.15) is 13.9 Å². The Hall–Kier alpha value is -2.30. The van der Waals surface area contributed by atoms with E-state index < -0.39 is 6.09 Å². The van der Waals surface area contributed by atoms with E-state index in [4.69, 9.17) is 4.74 Å². The largest absolute Gasteiger partial charge is 0.445 e. The van der Waals surface area contributed by atoms with E-state index in [1.165, 1.54) is 0 Å². The molecule has 1 aromatic heterocycles. The van der Waals surface area contributed by atoms with E-state index in [0.29, 0.717) is 0 Å². The van der Waals surface area contributed by atoms with Crippen LogP contribution in [0.25, 0.3) is 0 Å². The van der Waals surface area contributed by atoms with Gasteiger partial charge in [0.25, 0.3) is 0 Å². The molecule has 5 heteroatoms. The van der Waals surface area contributed by atoms with Crippen molar-refractivity contribution >= 4 is 18.8 Å². The molecular formula is C17H18BN2O2. The van der Waals surface area contributed by atoms with Crippen molar-refractivity contribution < 1.29 is 9.53 Å². The fraction of sp³-hybridized carbons (Fsp3) is 0.294. The molecule has 2 aromatic rings. The second kappa shape index (κ2) is 6.22. The molecule has 0 saturated heterocycles. The van der Waals surface area contributed by atoms with Crippen LogP contribution in [0, 0.1) is 0 Å². The van der Waals surface area contributed by atoms with Crippen molar-refractivity contribution in [3.8, 4) is 0 Å². The van der Waals surface area contributed by atoms with Crippen LogP contribution < -0.4 is 10.8 Å². The number of hydrogen-bond acceptors (Lipinski definition) is 3. The summed E-state index contributed by atoms with van der Waals surface area (Å²) >= 11 is 0. The summed E-state index contributed by atoms with van der Waals surface area (Å²) in [5.41, 5.74) is 2.60. The van der Waals surface area contributed by atoms with Gasteiger partial charge in [-0.25, -0.2) is 4.79 Å². The fourth-order valence-electron chi connectivity index (χ4n) is 2.38. The van der Waals surface area contributed by atoms with Crippen molar-refractivity contribution in [3.63, 3.8) is 0 Å². The standard InChI is InChI=1S/C17H18BN2O2/c1-18-14-7-8-15(19-11-14)17(9-10-17)20-16(21)22-12-13-5-3-2-4-6-13/h2-8,11H,9-10,12H2,1H3,(H,20,21). The molecular weight excluding hydrogens is 275 g/mol. The van der Waals surface area contributed by atoms with Gasteiger partial charge in [0.2, 0.25) is 0 Å². The number of benzene rings is 1. The number of nitrogens with zero attached hydrogens (tertiary/aromatic N) is 1. The molecule has 1 fully saturated rings. The Morgan fingerprint density at radius 2 is 2.05 bits per heavy atom. The van der Waals surface area contributed by atoms with Crippen LogP contribution in [0.1, 0.15) is 24.1 Å². The van der Waals surface area contributed by atoms with E-state index in [0.717, 1.165) is 29.6 Å². The van der Waals surface area contributed by atoms with Gasteiger partial charge in [-0.2, -0.15) is 0 Å². The maximum absolute atomic E-state index is 12.0. The summed E-state index contributed by atoms with van der Waals surface area (Å²) in [6, 6.07) is 13.6. The van der Waals surface area contributed by atoms with Crippen LogP contribution in [0.15, 0.2) is 48.7 Å². The number of pyridine rings is 1. The predicted octanol–water partition coefficient (Wildman–Crippen LogP) is 2.37. The van der Waals surface area contributed by atoms with Crippen LogP contribution in [0.2, 0.25) is 6.82 Å².